The Hall–Kier alpha value is -2.84. The fraction of sp³-hybridized carbons (Fsp3) is 0.333. The summed E-state index contributed by atoms with van der Waals surface area (Å²) in [5, 5.41) is 11.7. The zero-order chi connectivity index (χ0) is 15.4. The van der Waals surface area contributed by atoms with Crippen LogP contribution in [0.3, 0.4) is 0 Å². The maximum absolute atomic E-state index is 10.9. The molecule has 2 rings (SSSR count). The molecule has 0 aliphatic carbocycles. The average molecular weight is 293 g/mol. The Labute approximate surface area is 120 Å². The van der Waals surface area contributed by atoms with E-state index in [-0.39, 0.29) is 12.2 Å². The van der Waals surface area contributed by atoms with Crippen molar-refractivity contribution in [3.63, 3.8) is 0 Å². The van der Waals surface area contributed by atoms with E-state index in [1.807, 2.05) is 0 Å². The second kappa shape index (κ2) is 6.07. The first-order valence-corrected chi connectivity index (χ1v) is 5.96. The SMILES string of the molecule is COc1cc(OC)c(-n2nnc(CC(N)=O)n2)c(OC)c1. The smallest absolute Gasteiger partial charge is 0.225 e. The number of nitrogens with zero attached hydrogens (tertiary/aromatic N) is 4. The molecule has 0 unspecified atom stereocenters. The van der Waals surface area contributed by atoms with Crippen LogP contribution in [0.4, 0.5) is 0 Å². The number of aromatic nitrogens is 4. The Balaban J connectivity index is 2.51. The number of hydrogen-bond acceptors (Lipinski definition) is 7. The minimum absolute atomic E-state index is 0.0964. The molecule has 112 valence electrons. The lowest BCUT2D eigenvalue weighted by Gasteiger charge is -2.13. The molecule has 0 saturated heterocycles. The molecule has 0 aliphatic heterocycles. The van der Waals surface area contributed by atoms with Crippen molar-refractivity contribution < 1.29 is 19.0 Å². The summed E-state index contributed by atoms with van der Waals surface area (Å²) in [5.41, 5.74) is 5.55. The van der Waals surface area contributed by atoms with E-state index < -0.39 is 5.91 Å². The van der Waals surface area contributed by atoms with Gasteiger partial charge in [0, 0.05) is 12.1 Å². The minimum atomic E-state index is -0.539. The number of carbonyl (C=O) groups is 1. The highest BCUT2D eigenvalue weighted by Crippen LogP contribution is 2.36. The molecule has 1 amide bonds. The topological polar surface area (TPSA) is 114 Å². The van der Waals surface area contributed by atoms with E-state index >= 15 is 0 Å². The second-order valence-corrected chi connectivity index (χ2v) is 4.02. The van der Waals surface area contributed by atoms with Crippen molar-refractivity contribution >= 4 is 5.91 Å². The van der Waals surface area contributed by atoms with Crippen molar-refractivity contribution in [3.8, 4) is 22.9 Å². The van der Waals surface area contributed by atoms with Crippen molar-refractivity contribution in [2.75, 3.05) is 21.3 Å². The third-order valence-electron chi connectivity index (χ3n) is 2.68. The maximum Gasteiger partial charge on any atom is 0.225 e. The van der Waals surface area contributed by atoms with Crippen LogP contribution in [0.1, 0.15) is 5.82 Å². The highest BCUT2D eigenvalue weighted by atomic mass is 16.5. The molecule has 9 heteroatoms. The molecule has 0 atom stereocenters. The quantitative estimate of drug-likeness (QED) is 0.778. The molecule has 9 nitrogen and oxygen atoms in total. The summed E-state index contributed by atoms with van der Waals surface area (Å²) < 4.78 is 15.8. The number of nitrogens with two attached hydrogens (primary N) is 1. The van der Waals surface area contributed by atoms with Crippen molar-refractivity contribution in [2.45, 2.75) is 6.42 Å². The molecule has 0 radical (unpaired) electrons. The summed E-state index contributed by atoms with van der Waals surface area (Å²) in [5.74, 6) is 1.11. The number of rotatable bonds is 6. The summed E-state index contributed by atoms with van der Waals surface area (Å²) in [6.45, 7) is 0. The van der Waals surface area contributed by atoms with Crippen LogP contribution < -0.4 is 19.9 Å². The largest absolute Gasteiger partial charge is 0.496 e. The maximum atomic E-state index is 10.9. The van der Waals surface area contributed by atoms with E-state index in [4.69, 9.17) is 19.9 Å². The van der Waals surface area contributed by atoms with Crippen LogP contribution in [0.2, 0.25) is 0 Å². The lowest BCUT2D eigenvalue weighted by atomic mass is 10.2. The van der Waals surface area contributed by atoms with Crippen molar-refractivity contribution in [2.24, 2.45) is 5.73 Å². The van der Waals surface area contributed by atoms with Crippen molar-refractivity contribution in [3.05, 3.63) is 18.0 Å². The third-order valence-corrected chi connectivity index (χ3v) is 2.68. The molecule has 1 aromatic heterocycles. The van der Waals surface area contributed by atoms with E-state index in [1.165, 1.54) is 26.1 Å². The normalized spacial score (nSPS) is 10.2. The molecule has 0 saturated carbocycles. The number of primary amides is 1. The van der Waals surface area contributed by atoms with Gasteiger partial charge in [-0.25, -0.2) is 0 Å². The van der Waals surface area contributed by atoms with E-state index in [0.717, 1.165) is 0 Å². The number of benzene rings is 1. The molecule has 0 fully saturated rings. The number of tetrazole rings is 1. The monoisotopic (exact) mass is 293 g/mol. The first-order chi connectivity index (χ1) is 10.1. The van der Waals surface area contributed by atoms with Gasteiger partial charge in [-0.3, -0.25) is 4.79 Å². The number of hydrogen-bond donors (Lipinski definition) is 1. The lowest BCUT2D eigenvalue weighted by molar-refractivity contribution is -0.117. The van der Waals surface area contributed by atoms with Gasteiger partial charge in [0.05, 0.1) is 27.8 Å². The predicted octanol–water partition coefficient (Wildman–Crippen LogP) is -0.284. The molecular weight excluding hydrogens is 278 g/mol. The van der Waals surface area contributed by atoms with Crippen LogP contribution in [0.25, 0.3) is 5.69 Å². The van der Waals surface area contributed by atoms with E-state index in [9.17, 15) is 4.79 Å². The third kappa shape index (κ3) is 3.02. The Bertz CT molecular complexity index is 630. The minimum Gasteiger partial charge on any atom is -0.496 e. The second-order valence-electron chi connectivity index (χ2n) is 4.02. The first-order valence-electron chi connectivity index (χ1n) is 5.96. The van der Waals surface area contributed by atoms with E-state index in [1.54, 1.807) is 12.1 Å². The number of methoxy groups -OCH3 is 3. The molecule has 0 spiro atoms. The molecule has 0 aliphatic rings. The Morgan fingerprint density at radius 1 is 1.19 bits per heavy atom. The molecule has 2 N–H and O–H groups in total. The fourth-order valence-electron chi connectivity index (χ4n) is 1.75. The summed E-state index contributed by atoms with van der Waals surface area (Å²) in [6.07, 6.45) is -0.0964. The fourth-order valence-corrected chi connectivity index (χ4v) is 1.75. The Morgan fingerprint density at radius 3 is 2.29 bits per heavy atom. The van der Waals surface area contributed by atoms with Crippen LogP contribution >= 0.6 is 0 Å². The van der Waals surface area contributed by atoms with Crippen LogP contribution in [0.15, 0.2) is 12.1 Å². The van der Waals surface area contributed by atoms with Gasteiger partial charge in [0.25, 0.3) is 0 Å². The van der Waals surface area contributed by atoms with Gasteiger partial charge in [-0.1, -0.05) is 0 Å². The van der Waals surface area contributed by atoms with Gasteiger partial charge in [-0.2, -0.15) is 0 Å². The van der Waals surface area contributed by atoms with Gasteiger partial charge >= 0.3 is 0 Å². The van der Waals surface area contributed by atoms with Crippen LogP contribution in [-0.4, -0.2) is 47.4 Å². The molecule has 2 aromatic rings. The Kier molecular flexibility index (Phi) is 4.21. The summed E-state index contributed by atoms with van der Waals surface area (Å²) in [6, 6.07) is 3.32. The lowest BCUT2D eigenvalue weighted by Crippen LogP contribution is -2.15. The van der Waals surface area contributed by atoms with Crippen molar-refractivity contribution in [1.29, 1.82) is 0 Å². The molecule has 21 heavy (non-hydrogen) atoms. The molecule has 0 bridgehead atoms. The highest BCUT2D eigenvalue weighted by Gasteiger charge is 2.18. The van der Waals surface area contributed by atoms with E-state index in [0.29, 0.717) is 22.9 Å². The highest BCUT2D eigenvalue weighted by molar-refractivity contribution is 5.75. The average Bonchev–Trinajstić information content (AvgIpc) is 2.92. The zero-order valence-corrected chi connectivity index (χ0v) is 11.9. The summed E-state index contributed by atoms with van der Waals surface area (Å²) >= 11 is 0. The Morgan fingerprint density at radius 2 is 1.81 bits per heavy atom. The van der Waals surface area contributed by atoms with Gasteiger partial charge in [0.2, 0.25) is 5.91 Å². The van der Waals surface area contributed by atoms with Gasteiger partial charge in [-0.05, 0) is 5.21 Å². The van der Waals surface area contributed by atoms with Crippen molar-refractivity contribution in [1.82, 2.24) is 20.2 Å². The first kappa shape index (κ1) is 14.6. The van der Waals surface area contributed by atoms with Gasteiger partial charge in [0.1, 0.15) is 5.75 Å². The van der Waals surface area contributed by atoms with Gasteiger partial charge in [0.15, 0.2) is 23.0 Å². The number of carbonyl (C=O) groups excluding carboxylic acids is 1. The number of amides is 1. The van der Waals surface area contributed by atoms with Gasteiger partial charge in [-0.15, -0.1) is 15.0 Å². The van der Waals surface area contributed by atoms with Crippen LogP contribution in [-0.2, 0) is 11.2 Å². The summed E-state index contributed by atoms with van der Waals surface area (Å²) in [4.78, 5) is 12.1. The standard InChI is InChI=1S/C12H15N5O4/c1-19-7-4-8(20-2)12(9(5-7)21-3)17-15-11(14-16-17)6-10(13)18/h4-5H,6H2,1-3H3,(H2,13,18). The van der Waals surface area contributed by atoms with Crippen LogP contribution in [0.5, 0.6) is 17.2 Å². The molecule has 1 heterocycles. The van der Waals surface area contributed by atoms with E-state index in [2.05, 4.69) is 15.4 Å². The zero-order valence-electron chi connectivity index (χ0n) is 11.9. The van der Waals surface area contributed by atoms with Crippen LogP contribution in [0, 0.1) is 0 Å². The molecular formula is C12H15N5O4. The van der Waals surface area contributed by atoms with Gasteiger partial charge < -0.3 is 19.9 Å². The summed E-state index contributed by atoms with van der Waals surface area (Å²) in [7, 11) is 4.53. The number of ether oxygens (including phenoxy) is 3. The predicted molar refractivity (Wildman–Crippen MR) is 71.7 cm³/mol. The molecule has 1 aromatic carbocycles.